The van der Waals surface area contributed by atoms with Gasteiger partial charge in [0.1, 0.15) is 17.9 Å². The number of aromatic nitrogens is 1. The van der Waals surface area contributed by atoms with Crippen molar-refractivity contribution in [1.82, 2.24) is 4.98 Å². The van der Waals surface area contributed by atoms with E-state index in [-0.39, 0.29) is 28.9 Å². The Bertz CT molecular complexity index is 962. The van der Waals surface area contributed by atoms with Gasteiger partial charge >= 0.3 is 0 Å². The van der Waals surface area contributed by atoms with Crippen LogP contribution in [0.5, 0.6) is 0 Å². The lowest BCUT2D eigenvalue weighted by molar-refractivity contribution is -0.114. The monoisotopic (exact) mass is 476 g/mol. The van der Waals surface area contributed by atoms with E-state index in [1.54, 1.807) is 12.1 Å². The summed E-state index contributed by atoms with van der Waals surface area (Å²) in [6.07, 6.45) is 1.47. The van der Waals surface area contributed by atoms with E-state index >= 15 is 0 Å². The van der Waals surface area contributed by atoms with E-state index in [0.717, 1.165) is 6.07 Å². The van der Waals surface area contributed by atoms with E-state index < -0.39 is 11.7 Å². The molecule has 2 aromatic carbocycles. The van der Waals surface area contributed by atoms with Gasteiger partial charge in [-0.2, -0.15) is 0 Å². The third-order valence-corrected chi connectivity index (χ3v) is 4.04. The summed E-state index contributed by atoms with van der Waals surface area (Å²) in [4.78, 5) is 24.4. The lowest BCUT2D eigenvalue weighted by Crippen LogP contribution is -2.10. The van der Waals surface area contributed by atoms with Crippen LogP contribution in [0.25, 0.3) is 11.5 Å². The Morgan fingerprint density at radius 3 is 1.97 bits per heavy atom. The molecule has 0 aliphatic carbocycles. The molecule has 0 aliphatic heterocycles. The molecular weight excluding hydrogens is 461 g/mol. The zero-order chi connectivity index (χ0) is 22.5. The molecule has 0 aliphatic rings. The van der Waals surface area contributed by atoms with Crippen LogP contribution in [0.3, 0.4) is 0 Å². The van der Waals surface area contributed by atoms with Crippen molar-refractivity contribution < 1.29 is 22.8 Å². The van der Waals surface area contributed by atoms with E-state index in [1.807, 2.05) is 0 Å². The van der Waals surface area contributed by atoms with Crippen LogP contribution in [0.15, 0.2) is 59.2 Å². The van der Waals surface area contributed by atoms with Crippen LogP contribution in [0.1, 0.15) is 16.1 Å². The number of Topliss-reactive ketones (excluding diaryl/α,β-unsaturated/α-hetero) is 1. The quantitative estimate of drug-likeness (QED) is 0.513. The number of rotatable bonds is 5. The molecule has 0 saturated heterocycles. The molecule has 5 nitrogen and oxygen atoms in total. The summed E-state index contributed by atoms with van der Waals surface area (Å²) in [6, 6.07) is 11.3. The van der Waals surface area contributed by atoms with E-state index in [9.17, 15) is 18.4 Å². The maximum Gasteiger partial charge on any atom is 0.248 e. The molecule has 10 heteroatoms. The number of hydrogen-bond donors (Lipinski definition) is 1. The number of nitrogens with zero attached hydrogens (tertiary/aromatic N) is 1. The molecule has 0 unspecified atom stereocenters. The zero-order valence-corrected chi connectivity index (χ0v) is 17.7. The van der Waals surface area contributed by atoms with Gasteiger partial charge in [-0.3, -0.25) is 9.59 Å². The van der Waals surface area contributed by atoms with Crippen molar-refractivity contribution in [2.75, 3.05) is 11.8 Å². The summed E-state index contributed by atoms with van der Waals surface area (Å²) >= 11 is 15.6. The Labute approximate surface area is 186 Å². The van der Waals surface area contributed by atoms with E-state index in [4.69, 9.17) is 45.0 Å². The fourth-order valence-electron chi connectivity index (χ4n) is 1.80. The van der Waals surface area contributed by atoms with Crippen molar-refractivity contribution in [3.05, 3.63) is 77.7 Å². The van der Waals surface area contributed by atoms with Gasteiger partial charge in [0.05, 0.1) is 23.3 Å². The van der Waals surface area contributed by atoms with Crippen molar-refractivity contribution in [3.63, 3.8) is 0 Å². The number of alkyl halides is 3. The largest absolute Gasteiger partial charge is 0.444 e. The van der Waals surface area contributed by atoms with E-state index in [1.165, 1.54) is 36.6 Å². The average molecular weight is 478 g/mol. The number of amides is 1. The van der Waals surface area contributed by atoms with Crippen molar-refractivity contribution in [2.24, 2.45) is 5.73 Å². The summed E-state index contributed by atoms with van der Waals surface area (Å²) in [5.74, 6) is -0.756. The van der Waals surface area contributed by atoms with Crippen LogP contribution in [0.4, 0.5) is 8.78 Å². The van der Waals surface area contributed by atoms with Crippen LogP contribution in [0.2, 0.25) is 0 Å². The average Bonchev–Trinajstić information content (AvgIpc) is 3.23. The highest BCUT2D eigenvalue weighted by molar-refractivity contribution is 6.35. The van der Waals surface area contributed by atoms with Crippen LogP contribution < -0.4 is 5.73 Å². The van der Waals surface area contributed by atoms with Crippen molar-refractivity contribution in [1.29, 1.82) is 0 Å². The number of carbonyl (C=O) groups is 2. The molecule has 3 aromatic rings. The number of oxazole rings is 1. The third-order valence-electron chi connectivity index (χ3n) is 3.17. The minimum atomic E-state index is -0.612. The van der Waals surface area contributed by atoms with Crippen LogP contribution in [0, 0.1) is 11.6 Å². The summed E-state index contributed by atoms with van der Waals surface area (Å²) in [5, 5.41) is 0. The number of halogens is 5. The smallest absolute Gasteiger partial charge is 0.248 e. The highest BCUT2D eigenvalue weighted by atomic mass is 35.5. The molecule has 0 spiro atoms. The Morgan fingerprint density at radius 2 is 1.57 bits per heavy atom. The van der Waals surface area contributed by atoms with Crippen LogP contribution in [-0.4, -0.2) is 28.4 Å². The number of primary amides is 1. The maximum absolute atomic E-state index is 12.8. The standard InChI is InChI=1S/C10H7ClFNO.C7H6FNO.C3H4Cl2O/c11-5-9-6-14-10(13-9)7-2-1-3-8(12)4-7;8-6-3-1-2-5(4-6)7(9)10;4-1-3(6)2-5/h1-4,6H,5H2;1-4H,(H2,9,10);1-2H2. The van der Waals surface area contributed by atoms with Crippen molar-refractivity contribution in [3.8, 4) is 11.5 Å². The van der Waals surface area contributed by atoms with Gasteiger partial charge in [-0.25, -0.2) is 13.8 Å². The van der Waals surface area contributed by atoms with Crippen LogP contribution in [-0.2, 0) is 10.7 Å². The van der Waals surface area contributed by atoms with Gasteiger partial charge in [-0.15, -0.1) is 34.8 Å². The van der Waals surface area contributed by atoms with Gasteiger partial charge in [-0.1, -0.05) is 12.1 Å². The molecule has 0 radical (unpaired) electrons. The molecule has 30 heavy (non-hydrogen) atoms. The number of ketones is 1. The van der Waals surface area contributed by atoms with Crippen molar-refractivity contribution >= 4 is 46.5 Å². The van der Waals surface area contributed by atoms with Gasteiger partial charge in [0.15, 0.2) is 5.78 Å². The van der Waals surface area contributed by atoms with E-state index in [2.05, 4.69) is 4.98 Å². The second-order valence-electron chi connectivity index (χ2n) is 5.47. The second kappa shape index (κ2) is 13.7. The number of carbonyl (C=O) groups excluding carboxylic acids is 2. The van der Waals surface area contributed by atoms with Gasteiger partial charge in [0.2, 0.25) is 11.8 Å². The Hall–Kier alpha value is -2.48. The first-order chi connectivity index (χ1) is 14.3. The molecule has 1 aromatic heterocycles. The Kier molecular flexibility index (Phi) is 11.7. The first-order valence-electron chi connectivity index (χ1n) is 8.26. The molecule has 160 valence electrons. The zero-order valence-electron chi connectivity index (χ0n) is 15.5. The molecule has 3 rings (SSSR count). The topological polar surface area (TPSA) is 86.2 Å². The molecule has 2 N–H and O–H groups in total. The lowest BCUT2D eigenvalue weighted by Gasteiger charge is -1.93. The summed E-state index contributed by atoms with van der Waals surface area (Å²) in [5.41, 5.74) is 6.33. The summed E-state index contributed by atoms with van der Waals surface area (Å²) in [6.45, 7) is 0. The highest BCUT2D eigenvalue weighted by Gasteiger charge is 2.06. The minimum absolute atomic E-state index is 0.0312. The Balaban J connectivity index is 0.000000247. The predicted molar refractivity (Wildman–Crippen MR) is 113 cm³/mol. The lowest BCUT2D eigenvalue weighted by atomic mass is 10.2. The predicted octanol–water partition coefficient (Wildman–Crippen LogP) is 5.18. The van der Waals surface area contributed by atoms with Crippen molar-refractivity contribution in [2.45, 2.75) is 5.88 Å². The van der Waals surface area contributed by atoms with Crippen LogP contribution >= 0.6 is 34.8 Å². The summed E-state index contributed by atoms with van der Waals surface area (Å²) in [7, 11) is 0. The molecule has 1 heterocycles. The first kappa shape index (κ1) is 25.6. The molecule has 1 amide bonds. The number of hydrogen-bond acceptors (Lipinski definition) is 4. The van der Waals surface area contributed by atoms with Gasteiger partial charge in [0.25, 0.3) is 0 Å². The fraction of sp³-hybridized carbons (Fsp3) is 0.150. The minimum Gasteiger partial charge on any atom is -0.444 e. The second-order valence-corrected chi connectivity index (χ2v) is 6.27. The molecule has 0 saturated carbocycles. The molecule has 0 bridgehead atoms. The first-order valence-corrected chi connectivity index (χ1v) is 9.86. The molecular formula is C20H17Cl3F2N2O3. The van der Waals surface area contributed by atoms with E-state index in [0.29, 0.717) is 23.0 Å². The normalized spacial score (nSPS) is 9.63. The third kappa shape index (κ3) is 9.35. The maximum atomic E-state index is 12.8. The van der Waals surface area contributed by atoms with Gasteiger partial charge in [-0.05, 0) is 36.4 Å². The SMILES string of the molecule is Fc1cccc(-c2nc(CCl)co2)c1.NC(=O)c1cccc(F)c1.O=C(CCl)CCl. The van der Waals surface area contributed by atoms with Gasteiger partial charge in [0, 0.05) is 11.1 Å². The highest BCUT2D eigenvalue weighted by Crippen LogP contribution is 2.19. The number of benzene rings is 2. The Morgan fingerprint density at radius 1 is 0.967 bits per heavy atom. The fourth-order valence-corrected chi connectivity index (χ4v) is 2.21. The molecule has 0 fully saturated rings. The van der Waals surface area contributed by atoms with Gasteiger partial charge < -0.3 is 10.2 Å². The number of nitrogens with two attached hydrogens (primary N) is 1. The summed E-state index contributed by atoms with van der Waals surface area (Å²) < 4.78 is 30.3. The molecule has 0 atom stereocenters.